The van der Waals surface area contributed by atoms with Gasteiger partial charge in [-0.1, -0.05) is 25.7 Å². The van der Waals surface area contributed by atoms with Gasteiger partial charge in [0.25, 0.3) is 0 Å². The summed E-state index contributed by atoms with van der Waals surface area (Å²) in [7, 11) is 1.84. The minimum atomic E-state index is -0.990. The molecule has 1 aromatic rings. The highest BCUT2D eigenvalue weighted by Gasteiger charge is 2.38. The molecule has 1 fully saturated rings. The molecule has 4 nitrogen and oxygen atoms in total. The molecule has 1 aliphatic rings. The normalized spacial score (nSPS) is 22.7. The summed E-state index contributed by atoms with van der Waals surface area (Å²) in [5.74, 6) is 0.560. The van der Waals surface area contributed by atoms with Crippen LogP contribution in [0.5, 0.6) is 0 Å². The van der Waals surface area contributed by atoms with Crippen molar-refractivity contribution in [1.29, 1.82) is 0 Å². The molecule has 4 heteroatoms. The summed E-state index contributed by atoms with van der Waals surface area (Å²) < 4.78 is 1.77. The van der Waals surface area contributed by atoms with Gasteiger partial charge in [-0.3, -0.25) is 0 Å². The summed E-state index contributed by atoms with van der Waals surface area (Å²) in [4.78, 5) is 4.12. The van der Waals surface area contributed by atoms with Crippen molar-refractivity contribution in [3.8, 4) is 0 Å². The predicted molar refractivity (Wildman–Crippen MR) is 60.8 cm³/mol. The quantitative estimate of drug-likeness (QED) is 0.749. The molecule has 0 bridgehead atoms. The zero-order valence-electron chi connectivity index (χ0n) is 9.76. The Morgan fingerprint density at radius 2 is 1.94 bits per heavy atom. The first-order valence-electron chi connectivity index (χ1n) is 6.01. The number of aryl methyl sites for hydroxylation is 1. The number of aliphatic hydroxyl groups is 2. The molecular formula is C12H20N2O2. The van der Waals surface area contributed by atoms with Gasteiger partial charge < -0.3 is 14.8 Å². The zero-order chi connectivity index (χ0) is 11.6. The molecule has 1 aliphatic carbocycles. The standard InChI is InChI=1S/C12H20N2O2/c1-14-9-8-13-11(14)10(15)12(16)6-4-2-3-5-7-12/h8-10,15-16H,2-7H2,1H3. The fourth-order valence-electron chi connectivity index (χ4n) is 2.50. The molecular weight excluding hydrogens is 204 g/mol. The molecule has 1 atom stereocenters. The lowest BCUT2D eigenvalue weighted by Gasteiger charge is -2.31. The number of hydrogen-bond acceptors (Lipinski definition) is 3. The van der Waals surface area contributed by atoms with Crippen LogP contribution in [0.15, 0.2) is 12.4 Å². The molecule has 0 amide bonds. The molecule has 1 saturated carbocycles. The SMILES string of the molecule is Cn1ccnc1C(O)C1(O)CCCCCC1. The molecule has 1 unspecified atom stereocenters. The first-order valence-corrected chi connectivity index (χ1v) is 6.01. The van der Waals surface area contributed by atoms with Gasteiger partial charge in [-0.05, 0) is 12.8 Å². The maximum atomic E-state index is 10.5. The Hall–Kier alpha value is -0.870. The van der Waals surface area contributed by atoms with Crippen LogP contribution in [-0.4, -0.2) is 25.4 Å². The van der Waals surface area contributed by atoms with Gasteiger partial charge in [-0.2, -0.15) is 0 Å². The first-order chi connectivity index (χ1) is 7.63. The van der Waals surface area contributed by atoms with Crippen LogP contribution in [0, 0.1) is 0 Å². The number of nitrogens with zero attached hydrogens (tertiary/aromatic N) is 2. The van der Waals surface area contributed by atoms with Gasteiger partial charge in [0.2, 0.25) is 0 Å². The molecule has 0 saturated heterocycles. The third-order valence-electron chi connectivity index (χ3n) is 3.58. The molecule has 0 spiro atoms. The topological polar surface area (TPSA) is 58.3 Å². The van der Waals surface area contributed by atoms with E-state index in [9.17, 15) is 10.2 Å². The van der Waals surface area contributed by atoms with Crippen LogP contribution in [-0.2, 0) is 7.05 Å². The Kier molecular flexibility index (Phi) is 3.30. The van der Waals surface area contributed by atoms with Gasteiger partial charge in [-0.25, -0.2) is 4.98 Å². The van der Waals surface area contributed by atoms with Crippen LogP contribution >= 0.6 is 0 Å². The highest BCUT2D eigenvalue weighted by atomic mass is 16.3. The fourth-order valence-corrected chi connectivity index (χ4v) is 2.50. The lowest BCUT2D eigenvalue weighted by Crippen LogP contribution is -2.37. The summed E-state index contributed by atoms with van der Waals surface area (Å²) in [6.45, 7) is 0. The van der Waals surface area contributed by atoms with E-state index in [0.29, 0.717) is 18.7 Å². The van der Waals surface area contributed by atoms with Crippen molar-refractivity contribution < 1.29 is 10.2 Å². The lowest BCUT2D eigenvalue weighted by atomic mass is 9.88. The van der Waals surface area contributed by atoms with Crippen molar-refractivity contribution in [2.45, 2.75) is 50.2 Å². The van der Waals surface area contributed by atoms with Crippen LogP contribution in [0.3, 0.4) is 0 Å². The molecule has 2 rings (SSSR count). The van der Waals surface area contributed by atoms with Crippen molar-refractivity contribution in [2.75, 3.05) is 0 Å². The second kappa shape index (κ2) is 4.55. The summed E-state index contributed by atoms with van der Waals surface area (Å²) >= 11 is 0. The maximum Gasteiger partial charge on any atom is 0.140 e. The summed E-state index contributed by atoms with van der Waals surface area (Å²) in [5.41, 5.74) is -0.990. The van der Waals surface area contributed by atoms with E-state index in [0.717, 1.165) is 25.7 Å². The number of imidazole rings is 1. The Morgan fingerprint density at radius 3 is 2.44 bits per heavy atom. The van der Waals surface area contributed by atoms with Crippen LogP contribution < -0.4 is 0 Å². The van der Waals surface area contributed by atoms with E-state index in [1.807, 2.05) is 7.05 Å². The summed E-state index contributed by atoms with van der Waals surface area (Å²) in [5, 5.41) is 20.8. The van der Waals surface area contributed by atoms with Crippen molar-refractivity contribution in [2.24, 2.45) is 7.05 Å². The average Bonchev–Trinajstić information content (AvgIpc) is 2.55. The van der Waals surface area contributed by atoms with Crippen molar-refractivity contribution >= 4 is 0 Å². The zero-order valence-corrected chi connectivity index (χ0v) is 9.76. The van der Waals surface area contributed by atoms with Gasteiger partial charge in [0.15, 0.2) is 0 Å². The second-order valence-electron chi connectivity index (χ2n) is 4.82. The lowest BCUT2D eigenvalue weighted by molar-refractivity contribution is -0.0913. The highest BCUT2D eigenvalue weighted by molar-refractivity contribution is 5.04. The third-order valence-corrected chi connectivity index (χ3v) is 3.58. The minimum Gasteiger partial charge on any atom is -0.387 e. The van der Waals surface area contributed by atoms with Crippen LogP contribution in [0.4, 0.5) is 0 Å². The Labute approximate surface area is 95.9 Å². The monoisotopic (exact) mass is 224 g/mol. The largest absolute Gasteiger partial charge is 0.387 e. The van der Waals surface area contributed by atoms with Crippen molar-refractivity contribution in [1.82, 2.24) is 9.55 Å². The Morgan fingerprint density at radius 1 is 1.31 bits per heavy atom. The van der Waals surface area contributed by atoms with Gasteiger partial charge in [-0.15, -0.1) is 0 Å². The molecule has 2 N–H and O–H groups in total. The number of hydrogen-bond donors (Lipinski definition) is 2. The molecule has 90 valence electrons. The maximum absolute atomic E-state index is 10.5. The van der Waals surface area contributed by atoms with Gasteiger partial charge >= 0.3 is 0 Å². The number of aliphatic hydroxyl groups excluding tert-OH is 1. The Bertz CT molecular complexity index is 341. The summed E-state index contributed by atoms with van der Waals surface area (Å²) in [6, 6.07) is 0. The van der Waals surface area contributed by atoms with E-state index in [1.54, 1.807) is 17.0 Å². The molecule has 0 aromatic carbocycles. The molecule has 0 aliphatic heterocycles. The summed E-state index contributed by atoms with van der Waals surface area (Å²) in [6.07, 6.45) is 8.17. The van der Waals surface area contributed by atoms with E-state index in [4.69, 9.17) is 0 Å². The van der Waals surface area contributed by atoms with Crippen LogP contribution in [0.1, 0.15) is 50.5 Å². The Balaban J connectivity index is 2.18. The third kappa shape index (κ3) is 2.13. The van der Waals surface area contributed by atoms with Gasteiger partial charge in [0, 0.05) is 19.4 Å². The second-order valence-corrected chi connectivity index (χ2v) is 4.82. The highest BCUT2D eigenvalue weighted by Crippen LogP contribution is 2.36. The molecule has 16 heavy (non-hydrogen) atoms. The predicted octanol–water partition coefficient (Wildman–Crippen LogP) is 1.54. The molecule has 0 radical (unpaired) electrons. The molecule has 1 heterocycles. The van der Waals surface area contributed by atoms with Crippen molar-refractivity contribution in [3.05, 3.63) is 18.2 Å². The number of rotatable bonds is 2. The first kappa shape index (κ1) is 11.6. The van der Waals surface area contributed by atoms with Crippen LogP contribution in [0.25, 0.3) is 0 Å². The van der Waals surface area contributed by atoms with Gasteiger partial charge in [0.05, 0.1) is 5.60 Å². The average molecular weight is 224 g/mol. The van der Waals surface area contributed by atoms with E-state index < -0.39 is 11.7 Å². The van der Waals surface area contributed by atoms with Crippen molar-refractivity contribution in [3.63, 3.8) is 0 Å². The van der Waals surface area contributed by atoms with Gasteiger partial charge in [0.1, 0.15) is 11.9 Å². The van der Waals surface area contributed by atoms with E-state index in [1.165, 1.54) is 0 Å². The van der Waals surface area contributed by atoms with E-state index in [-0.39, 0.29) is 0 Å². The smallest absolute Gasteiger partial charge is 0.140 e. The van der Waals surface area contributed by atoms with Crippen LogP contribution in [0.2, 0.25) is 0 Å². The molecule has 1 aromatic heterocycles. The van der Waals surface area contributed by atoms with E-state index >= 15 is 0 Å². The van der Waals surface area contributed by atoms with E-state index in [2.05, 4.69) is 4.98 Å². The number of aromatic nitrogens is 2. The minimum absolute atomic E-state index is 0.560. The fraction of sp³-hybridized carbons (Fsp3) is 0.750.